The van der Waals surface area contributed by atoms with Gasteiger partial charge in [-0.05, 0) is 18.6 Å². The molecule has 1 aromatic carbocycles. The van der Waals surface area contributed by atoms with Crippen molar-refractivity contribution < 1.29 is 4.79 Å². The van der Waals surface area contributed by atoms with Crippen LogP contribution in [0.3, 0.4) is 0 Å². The van der Waals surface area contributed by atoms with Gasteiger partial charge in [-0.15, -0.1) is 24.0 Å². The number of guanidine groups is 1. The highest BCUT2D eigenvalue weighted by Crippen LogP contribution is 2.25. The van der Waals surface area contributed by atoms with Crippen LogP contribution in [0.1, 0.15) is 24.6 Å². The third kappa shape index (κ3) is 7.89. The van der Waals surface area contributed by atoms with Gasteiger partial charge in [0.25, 0.3) is 0 Å². The average molecular weight is 538 g/mol. The SMILES string of the molecule is CCNC(=NCc1cc(Cl)c(Cl)n1C)NCCC(=O)NCc1ccccc1.I. The number of carbonyl (C=O) groups is 1. The molecule has 0 aliphatic rings. The molecule has 154 valence electrons. The smallest absolute Gasteiger partial charge is 0.222 e. The zero-order chi connectivity index (χ0) is 19.6. The number of aromatic nitrogens is 1. The summed E-state index contributed by atoms with van der Waals surface area (Å²) in [4.78, 5) is 16.5. The summed E-state index contributed by atoms with van der Waals surface area (Å²) in [5.41, 5.74) is 1.98. The van der Waals surface area contributed by atoms with E-state index in [1.54, 1.807) is 10.6 Å². The molecule has 1 heterocycles. The number of aliphatic imine (C=N–C) groups is 1. The van der Waals surface area contributed by atoms with E-state index >= 15 is 0 Å². The Bertz CT molecular complexity index is 780. The van der Waals surface area contributed by atoms with E-state index in [2.05, 4.69) is 20.9 Å². The third-order valence-electron chi connectivity index (χ3n) is 3.94. The number of nitrogens with zero attached hydrogens (tertiary/aromatic N) is 2. The summed E-state index contributed by atoms with van der Waals surface area (Å²) in [6.07, 6.45) is 0.360. The minimum absolute atomic E-state index is 0. The number of nitrogens with one attached hydrogen (secondary N) is 3. The van der Waals surface area contributed by atoms with Gasteiger partial charge < -0.3 is 20.5 Å². The van der Waals surface area contributed by atoms with E-state index in [1.807, 2.05) is 44.3 Å². The van der Waals surface area contributed by atoms with Crippen molar-refractivity contribution in [1.82, 2.24) is 20.5 Å². The molecule has 3 N–H and O–H groups in total. The monoisotopic (exact) mass is 537 g/mol. The van der Waals surface area contributed by atoms with Gasteiger partial charge in [0.1, 0.15) is 5.15 Å². The second kappa shape index (κ2) is 12.9. The number of rotatable bonds is 8. The summed E-state index contributed by atoms with van der Waals surface area (Å²) in [6.45, 7) is 4.16. The average Bonchev–Trinajstić information content (AvgIpc) is 2.92. The first-order valence-electron chi connectivity index (χ1n) is 8.83. The van der Waals surface area contributed by atoms with Gasteiger partial charge >= 0.3 is 0 Å². The van der Waals surface area contributed by atoms with Crippen LogP contribution in [0, 0.1) is 0 Å². The number of halogens is 3. The molecular formula is C19H26Cl2IN5O. The van der Waals surface area contributed by atoms with Crippen molar-refractivity contribution in [3.8, 4) is 0 Å². The van der Waals surface area contributed by atoms with Crippen LogP contribution in [0.25, 0.3) is 0 Å². The fourth-order valence-corrected chi connectivity index (χ4v) is 2.84. The number of carbonyl (C=O) groups excluding carboxylic acids is 1. The number of amides is 1. The molecular weight excluding hydrogens is 512 g/mol. The Hall–Kier alpha value is -1.45. The first-order valence-corrected chi connectivity index (χ1v) is 9.59. The molecule has 0 atom stereocenters. The van der Waals surface area contributed by atoms with Crippen LogP contribution in [0.5, 0.6) is 0 Å². The highest BCUT2D eigenvalue weighted by atomic mass is 127. The Morgan fingerprint density at radius 3 is 2.46 bits per heavy atom. The molecule has 0 spiro atoms. The van der Waals surface area contributed by atoms with Gasteiger partial charge in [0.15, 0.2) is 5.96 Å². The molecule has 0 radical (unpaired) electrons. The molecule has 9 heteroatoms. The van der Waals surface area contributed by atoms with Crippen LogP contribution in [-0.4, -0.2) is 29.5 Å². The normalized spacial score (nSPS) is 10.9. The van der Waals surface area contributed by atoms with E-state index in [0.717, 1.165) is 17.8 Å². The van der Waals surface area contributed by atoms with Crippen molar-refractivity contribution in [3.63, 3.8) is 0 Å². The molecule has 0 aliphatic carbocycles. The molecule has 0 saturated carbocycles. The quantitative estimate of drug-likeness (QED) is 0.273. The highest BCUT2D eigenvalue weighted by Gasteiger charge is 2.09. The zero-order valence-corrected chi connectivity index (χ0v) is 19.8. The topological polar surface area (TPSA) is 70.5 Å². The molecule has 28 heavy (non-hydrogen) atoms. The first kappa shape index (κ1) is 24.6. The highest BCUT2D eigenvalue weighted by molar-refractivity contribution is 14.0. The van der Waals surface area contributed by atoms with E-state index in [0.29, 0.717) is 42.2 Å². The van der Waals surface area contributed by atoms with Gasteiger partial charge in [0.05, 0.1) is 11.6 Å². The van der Waals surface area contributed by atoms with Crippen molar-refractivity contribution in [3.05, 3.63) is 57.8 Å². The minimum Gasteiger partial charge on any atom is -0.357 e. The van der Waals surface area contributed by atoms with Crippen LogP contribution in [0.2, 0.25) is 10.2 Å². The first-order chi connectivity index (χ1) is 13.0. The second-order valence-electron chi connectivity index (χ2n) is 5.97. The Morgan fingerprint density at radius 1 is 1.14 bits per heavy atom. The molecule has 1 aromatic heterocycles. The maximum absolute atomic E-state index is 12.0. The number of hydrogen-bond acceptors (Lipinski definition) is 2. The molecule has 0 saturated heterocycles. The summed E-state index contributed by atoms with van der Waals surface area (Å²) >= 11 is 12.1. The molecule has 0 aliphatic heterocycles. The van der Waals surface area contributed by atoms with Gasteiger partial charge in [-0.1, -0.05) is 53.5 Å². The Labute approximate surface area is 193 Å². The Kier molecular flexibility index (Phi) is 11.3. The largest absolute Gasteiger partial charge is 0.357 e. The van der Waals surface area contributed by atoms with Gasteiger partial charge in [0.2, 0.25) is 5.91 Å². The van der Waals surface area contributed by atoms with Gasteiger partial charge in [-0.3, -0.25) is 4.79 Å². The maximum atomic E-state index is 12.0. The van der Waals surface area contributed by atoms with Crippen molar-refractivity contribution in [1.29, 1.82) is 0 Å². The zero-order valence-electron chi connectivity index (χ0n) is 16.0. The van der Waals surface area contributed by atoms with E-state index in [9.17, 15) is 4.79 Å². The van der Waals surface area contributed by atoms with Crippen LogP contribution in [-0.2, 0) is 24.9 Å². The van der Waals surface area contributed by atoms with E-state index in [4.69, 9.17) is 23.2 Å². The number of hydrogen-bond donors (Lipinski definition) is 3. The summed E-state index contributed by atoms with van der Waals surface area (Å²) in [5, 5.41) is 10.2. The minimum atomic E-state index is -0.0109. The lowest BCUT2D eigenvalue weighted by Gasteiger charge is -2.11. The summed E-state index contributed by atoms with van der Waals surface area (Å²) < 4.78 is 1.80. The molecule has 6 nitrogen and oxygen atoms in total. The Morgan fingerprint density at radius 2 is 1.86 bits per heavy atom. The fourth-order valence-electron chi connectivity index (χ4n) is 2.42. The molecule has 2 rings (SSSR count). The van der Waals surface area contributed by atoms with Crippen LogP contribution < -0.4 is 16.0 Å². The summed E-state index contributed by atoms with van der Waals surface area (Å²) in [6, 6.07) is 11.6. The van der Waals surface area contributed by atoms with Crippen molar-refractivity contribution in [2.45, 2.75) is 26.4 Å². The lowest BCUT2D eigenvalue weighted by molar-refractivity contribution is -0.121. The lowest BCUT2D eigenvalue weighted by atomic mass is 10.2. The molecule has 2 aromatic rings. The predicted molar refractivity (Wildman–Crippen MR) is 127 cm³/mol. The van der Waals surface area contributed by atoms with Gasteiger partial charge in [-0.25, -0.2) is 4.99 Å². The number of benzene rings is 1. The van der Waals surface area contributed by atoms with Crippen molar-refractivity contribution >= 4 is 59.0 Å². The predicted octanol–water partition coefficient (Wildman–Crippen LogP) is 3.71. The standard InChI is InChI=1S/C19H25Cl2N5O.HI/c1-3-22-19(25-13-15-11-16(20)18(21)26(15)2)23-10-9-17(27)24-12-14-7-5-4-6-8-14;/h4-8,11H,3,9-10,12-13H2,1-2H3,(H,24,27)(H2,22,23,25);1H. The van der Waals surface area contributed by atoms with E-state index < -0.39 is 0 Å². The second-order valence-corrected chi connectivity index (χ2v) is 6.73. The molecule has 1 amide bonds. The molecule has 0 bridgehead atoms. The molecule has 0 unspecified atom stereocenters. The fraction of sp³-hybridized carbons (Fsp3) is 0.368. The van der Waals surface area contributed by atoms with Crippen LogP contribution in [0.15, 0.2) is 41.4 Å². The van der Waals surface area contributed by atoms with E-state index in [-0.39, 0.29) is 29.9 Å². The van der Waals surface area contributed by atoms with Crippen molar-refractivity contribution in [2.24, 2.45) is 12.0 Å². The third-order valence-corrected chi connectivity index (χ3v) is 4.78. The van der Waals surface area contributed by atoms with Crippen LogP contribution >= 0.6 is 47.2 Å². The van der Waals surface area contributed by atoms with Crippen LogP contribution in [0.4, 0.5) is 0 Å². The van der Waals surface area contributed by atoms with Gasteiger partial charge in [0, 0.05) is 38.8 Å². The Balaban J connectivity index is 0.00000392. The van der Waals surface area contributed by atoms with E-state index in [1.165, 1.54) is 0 Å². The lowest BCUT2D eigenvalue weighted by Crippen LogP contribution is -2.39. The molecule has 0 fully saturated rings. The van der Waals surface area contributed by atoms with Gasteiger partial charge in [-0.2, -0.15) is 0 Å². The van der Waals surface area contributed by atoms with Crippen molar-refractivity contribution in [2.75, 3.05) is 13.1 Å². The maximum Gasteiger partial charge on any atom is 0.222 e. The summed E-state index contributed by atoms with van der Waals surface area (Å²) in [7, 11) is 1.84. The summed E-state index contributed by atoms with van der Waals surface area (Å²) in [5.74, 6) is 0.630.